The number of rotatable bonds is 2. The number of carbonyl (C=O) groups excluding carboxylic acids is 2. The molecule has 1 saturated heterocycles. The number of hydrogen-bond donors (Lipinski definition) is 0. The third kappa shape index (κ3) is 2.21. The monoisotopic (exact) mass is 315 g/mol. The van der Waals surface area contributed by atoms with Crippen molar-refractivity contribution in [2.45, 2.75) is 51.4 Å². The smallest absolute Gasteiger partial charge is 0.336 e. The Hall–Kier alpha value is -2.04. The molecule has 1 fully saturated rings. The Balaban J connectivity index is 1.55. The summed E-state index contributed by atoms with van der Waals surface area (Å²) in [6, 6.07) is 0.205. The molecule has 4 rings (SSSR count). The zero-order chi connectivity index (χ0) is 16.1. The maximum Gasteiger partial charge on any atom is 0.336 e. The molecule has 0 aromatic heterocycles. The van der Waals surface area contributed by atoms with Crippen LogP contribution in [0.3, 0.4) is 0 Å². The average molecular weight is 315 g/mol. The number of ether oxygens (including phenoxy) is 2. The van der Waals surface area contributed by atoms with Gasteiger partial charge in [0.15, 0.2) is 0 Å². The number of likely N-dealkylation sites (N-methyl/N-ethyl adjacent to an activating group) is 1. The fraction of sp³-hybridized carbons (Fsp3) is 0.556. The van der Waals surface area contributed by atoms with Crippen LogP contribution >= 0.6 is 0 Å². The van der Waals surface area contributed by atoms with E-state index in [-0.39, 0.29) is 23.8 Å². The number of carbonyl (C=O) groups is 2. The molecule has 2 aliphatic heterocycles. The van der Waals surface area contributed by atoms with Crippen LogP contribution in [0.1, 0.15) is 39.0 Å². The summed E-state index contributed by atoms with van der Waals surface area (Å²) in [5.41, 5.74) is 4.27. The fourth-order valence-electron chi connectivity index (χ4n) is 4.32. The lowest BCUT2D eigenvalue weighted by Crippen LogP contribution is -2.31. The van der Waals surface area contributed by atoms with Crippen molar-refractivity contribution < 1.29 is 19.1 Å². The van der Waals surface area contributed by atoms with Crippen LogP contribution < -0.4 is 0 Å². The Morgan fingerprint density at radius 3 is 2.83 bits per heavy atom. The van der Waals surface area contributed by atoms with Gasteiger partial charge in [-0.15, -0.1) is 0 Å². The van der Waals surface area contributed by atoms with Gasteiger partial charge in [0.05, 0.1) is 17.9 Å². The lowest BCUT2D eigenvalue weighted by molar-refractivity contribution is -0.152. The number of esters is 1. The summed E-state index contributed by atoms with van der Waals surface area (Å²) >= 11 is 0. The second-order valence-corrected chi connectivity index (χ2v) is 6.84. The maximum atomic E-state index is 12.6. The standard InChI is InChI=1S/C18H21NO4/c1-10-7-15(23-18(10)21)22-9-14-13-8-11-5-3-4-6-12(11)16(13)19(2)17(14)20/h7,9,13,15-16H,3-6,8H2,1-2H3. The van der Waals surface area contributed by atoms with Gasteiger partial charge in [-0.1, -0.05) is 5.57 Å². The van der Waals surface area contributed by atoms with Gasteiger partial charge >= 0.3 is 5.97 Å². The van der Waals surface area contributed by atoms with Crippen molar-refractivity contribution in [3.05, 3.63) is 34.6 Å². The molecule has 0 aromatic rings. The van der Waals surface area contributed by atoms with Crippen LogP contribution in [0.4, 0.5) is 0 Å². The Kier molecular flexibility index (Phi) is 3.32. The molecule has 23 heavy (non-hydrogen) atoms. The molecule has 5 nitrogen and oxygen atoms in total. The van der Waals surface area contributed by atoms with Crippen LogP contribution in [0, 0.1) is 5.92 Å². The van der Waals surface area contributed by atoms with E-state index in [9.17, 15) is 9.59 Å². The predicted octanol–water partition coefficient (Wildman–Crippen LogP) is 2.45. The molecule has 1 amide bonds. The summed E-state index contributed by atoms with van der Waals surface area (Å²) in [6.07, 6.45) is 8.17. The van der Waals surface area contributed by atoms with E-state index in [4.69, 9.17) is 9.47 Å². The molecule has 0 radical (unpaired) electrons. The van der Waals surface area contributed by atoms with Crippen molar-refractivity contribution in [2.75, 3.05) is 7.05 Å². The summed E-state index contributed by atoms with van der Waals surface area (Å²) in [7, 11) is 1.88. The van der Waals surface area contributed by atoms with Gasteiger partial charge in [0, 0.05) is 24.6 Å². The summed E-state index contributed by atoms with van der Waals surface area (Å²) < 4.78 is 10.6. The minimum absolute atomic E-state index is 0.0298. The number of amides is 1. The molecule has 2 aliphatic carbocycles. The van der Waals surface area contributed by atoms with E-state index in [1.807, 2.05) is 11.9 Å². The zero-order valence-corrected chi connectivity index (χ0v) is 13.5. The molecular weight excluding hydrogens is 294 g/mol. The molecule has 3 unspecified atom stereocenters. The van der Waals surface area contributed by atoms with Crippen molar-refractivity contribution in [3.63, 3.8) is 0 Å². The second kappa shape index (κ2) is 5.25. The van der Waals surface area contributed by atoms with E-state index in [0.29, 0.717) is 11.1 Å². The van der Waals surface area contributed by atoms with Gasteiger partial charge in [-0.2, -0.15) is 0 Å². The molecule has 0 saturated carbocycles. The van der Waals surface area contributed by atoms with Crippen molar-refractivity contribution in [3.8, 4) is 0 Å². The second-order valence-electron chi connectivity index (χ2n) is 6.84. The highest BCUT2D eigenvalue weighted by Crippen LogP contribution is 2.49. The molecule has 4 aliphatic rings. The van der Waals surface area contributed by atoms with E-state index in [1.54, 1.807) is 18.6 Å². The number of allylic oxidation sites excluding steroid dienone is 1. The zero-order valence-electron chi connectivity index (χ0n) is 13.5. The Bertz CT molecular complexity index is 673. The first-order chi connectivity index (χ1) is 11.1. The molecule has 0 spiro atoms. The number of likely N-dealkylation sites (tertiary alicyclic amines) is 1. The van der Waals surface area contributed by atoms with Crippen LogP contribution in [0.15, 0.2) is 34.6 Å². The first-order valence-corrected chi connectivity index (χ1v) is 8.29. The highest BCUT2D eigenvalue weighted by molar-refractivity contribution is 5.97. The number of nitrogens with zero attached hydrogens (tertiary/aromatic N) is 1. The Morgan fingerprint density at radius 2 is 2.09 bits per heavy atom. The van der Waals surface area contributed by atoms with Gasteiger partial charge in [0.25, 0.3) is 12.2 Å². The van der Waals surface area contributed by atoms with Crippen molar-refractivity contribution in [1.82, 2.24) is 4.90 Å². The lowest BCUT2D eigenvalue weighted by atomic mass is 9.92. The van der Waals surface area contributed by atoms with Gasteiger partial charge in [0.1, 0.15) is 0 Å². The topological polar surface area (TPSA) is 55.8 Å². The molecule has 5 heteroatoms. The van der Waals surface area contributed by atoms with Gasteiger partial charge < -0.3 is 14.4 Å². The van der Waals surface area contributed by atoms with Gasteiger partial charge in [-0.3, -0.25) is 4.79 Å². The third-order valence-corrected chi connectivity index (χ3v) is 5.48. The Labute approximate surface area is 135 Å². The first-order valence-electron chi connectivity index (χ1n) is 8.29. The number of cyclic esters (lactones) is 1. The predicted molar refractivity (Wildman–Crippen MR) is 83.0 cm³/mol. The third-order valence-electron chi connectivity index (χ3n) is 5.48. The lowest BCUT2D eigenvalue weighted by Gasteiger charge is -2.24. The molecule has 3 atom stereocenters. The highest BCUT2D eigenvalue weighted by atomic mass is 16.7. The molecule has 0 N–H and O–H groups in total. The van der Waals surface area contributed by atoms with Crippen LogP contribution in [-0.2, 0) is 19.1 Å². The molecule has 122 valence electrons. The molecule has 2 heterocycles. The van der Waals surface area contributed by atoms with E-state index in [0.717, 1.165) is 12.8 Å². The fourth-order valence-corrected chi connectivity index (χ4v) is 4.32. The number of fused-ring (bicyclic) bond motifs is 2. The Morgan fingerprint density at radius 1 is 1.30 bits per heavy atom. The van der Waals surface area contributed by atoms with E-state index in [2.05, 4.69) is 0 Å². The minimum atomic E-state index is -0.712. The first kappa shape index (κ1) is 14.5. The van der Waals surface area contributed by atoms with Gasteiger partial charge in [-0.05, 0) is 44.6 Å². The quantitative estimate of drug-likeness (QED) is 0.340. The summed E-state index contributed by atoms with van der Waals surface area (Å²) in [5, 5.41) is 0. The summed E-state index contributed by atoms with van der Waals surface area (Å²) in [4.78, 5) is 25.8. The largest absolute Gasteiger partial charge is 0.458 e. The van der Waals surface area contributed by atoms with Crippen LogP contribution in [0.5, 0.6) is 0 Å². The number of hydrogen-bond acceptors (Lipinski definition) is 4. The van der Waals surface area contributed by atoms with E-state index >= 15 is 0 Å². The van der Waals surface area contributed by atoms with Gasteiger partial charge in [-0.25, -0.2) is 4.79 Å². The normalized spacial score (nSPS) is 34.7. The van der Waals surface area contributed by atoms with Crippen LogP contribution in [0.25, 0.3) is 0 Å². The van der Waals surface area contributed by atoms with E-state index < -0.39 is 6.29 Å². The summed E-state index contributed by atoms with van der Waals surface area (Å²) in [6.45, 7) is 1.69. The van der Waals surface area contributed by atoms with Crippen molar-refractivity contribution in [2.24, 2.45) is 5.92 Å². The average Bonchev–Trinajstić information content (AvgIpc) is 3.13. The molecular formula is C18H21NO4. The highest BCUT2D eigenvalue weighted by Gasteiger charge is 2.49. The molecule has 0 bridgehead atoms. The van der Waals surface area contributed by atoms with Crippen molar-refractivity contribution >= 4 is 11.9 Å². The van der Waals surface area contributed by atoms with Crippen molar-refractivity contribution in [1.29, 1.82) is 0 Å². The maximum absolute atomic E-state index is 12.6. The van der Waals surface area contributed by atoms with Gasteiger partial charge in [0.2, 0.25) is 0 Å². The minimum Gasteiger partial charge on any atom is -0.458 e. The van der Waals surface area contributed by atoms with Crippen LogP contribution in [0.2, 0.25) is 0 Å². The molecule has 0 aromatic carbocycles. The SMILES string of the molecule is CC1=CC(OC=C2C(=O)N(C)C3C4=C(CCCC4)CC23)OC1=O. The van der Waals surface area contributed by atoms with E-state index in [1.165, 1.54) is 31.1 Å². The van der Waals surface area contributed by atoms with Crippen LogP contribution in [-0.4, -0.2) is 36.2 Å². The summed E-state index contributed by atoms with van der Waals surface area (Å²) in [5.74, 6) is -0.140.